The van der Waals surface area contributed by atoms with Crippen molar-refractivity contribution in [1.29, 1.82) is 0 Å². The molecule has 0 aliphatic rings. The Morgan fingerprint density at radius 3 is 2.46 bits per heavy atom. The van der Waals surface area contributed by atoms with Crippen molar-refractivity contribution in [3.63, 3.8) is 0 Å². The van der Waals surface area contributed by atoms with E-state index in [9.17, 15) is 14.0 Å². The summed E-state index contributed by atoms with van der Waals surface area (Å²) in [5.74, 6) is -1.32. The number of rotatable bonds is 4. The Morgan fingerprint density at radius 1 is 1.00 bits per heavy atom. The fraction of sp³-hybridized carbons (Fsp3) is 0. The van der Waals surface area contributed by atoms with Crippen LogP contribution in [-0.2, 0) is 0 Å². The van der Waals surface area contributed by atoms with Gasteiger partial charge in [0.1, 0.15) is 5.82 Å². The van der Waals surface area contributed by atoms with E-state index < -0.39 is 17.6 Å². The first-order valence-electron chi connectivity index (χ1n) is 7.35. The van der Waals surface area contributed by atoms with Gasteiger partial charge in [0, 0.05) is 9.50 Å². The average molecular weight is 438 g/mol. The Hall–Kier alpha value is -2.64. The highest BCUT2D eigenvalue weighted by molar-refractivity contribution is 9.10. The van der Waals surface area contributed by atoms with E-state index in [4.69, 9.17) is 16.0 Å². The maximum Gasteiger partial charge on any atom is 0.291 e. The lowest BCUT2D eigenvalue weighted by Gasteiger charge is -2.13. The van der Waals surface area contributed by atoms with E-state index >= 15 is 0 Å². The molecule has 0 fully saturated rings. The third-order valence-corrected chi connectivity index (χ3v) is 4.29. The van der Waals surface area contributed by atoms with Crippen molar-refractivity contribution in [3.8, 4) is 0 Å². The predicted molar refractivity (Wildman–Crippen MR) is 100 cm³/mol. The van der Waals surface area contributed by atoms with E-state index in [0.717, 1.165) is 0 Å². The molecular weight excluding hydrogens is 427 g/mol. The van der Waals surface area contributed by atoms with Gasteiger partial charge in [-0.25, -0.2) is 4.39 Å². The van der Waals surface area contributed by atoms with E-state index in [0.29, 0.717) is 20.9 Å². The molecule has 1 aromatic heterocycles. The molecule has 5 nitrogen and oxygen atoms in total. The van der Waals surface area contributed by atoms with Gasteiger partial charge >= 0.3 is 0 Å². The molecule has 0 atom stereocenters. The summed E-state index contributed by atoms with van der Waals surface area (Å²) in [6.07, 6.45) is 1.38. The van der Waals surface area contributed by atoms with Crippen LogP contribution in [0.2, 0.25) is 5.02 Å². The van der Waals surface area contributed by atoms with Crippen molar-refractivity contribution in [3.05, 3.63) is 81.4 Å². The van der Waals surface area contributed by atoms with E-state index in [1.807, 2.05) is 0 Å². The minimum Gasteiger partial charge on any atom is -0.459 e. The maximum atomic E-state index is 13.2. The Kier molecular flexibility index (Phi) is 5.39. The summed E-state index contributed by atoms with van der Waals surface area (Å²) in [7, 11) is 0. The highest BCUT2D eigenvalue weighted by Gasteiger charge is 2.16. The van der Waals surface area contributed by atoms with Gasteiger partial charge in [-0.15, -0.1) is 0 Å². The molecule has 2 amide bonds. The summed E-state index contributed by atoms with van der Waals surface area (Å²) in [5, 5.41) is 5.68. The molecule has 0 aliphatic carbocycles. The molecule has 8 heteroatoms. The first-order chi connectivity index (χ1) is 12.4. The molecule has 0 saturated heterocycles. The topological polar surface area (TPSA) is 71.3 Å². The third kappa shape index (κ3) is 4.12. The molecular formula is C18H11BrClFN2O3. The number of hydrogen-bond donors (Lipinski definition) is 2. The van der Waals surface area contributed by atoms with Crippen LogP contribution in [-0.4, -0.2) is 11.8 Å². The molecule has 0 saturated carbocycles. The van der Waals surface area contributed by atoms with Crippen LogP contribution in [0, 0.1) is 5.82 Å². The Balaban J connectivity index is 1.85. The fourth-order valence-corrected chi connectivity index (χ4v) is 2.89. The molecule has 0 radical (unpaired) electrons. The molecule has 1 heterocycles. The van der Waals surface area contributed by atoms with Gasteiger partial charge < -0.3 is 15.1 Å². The van der Waals surface area contributed by atoms with Crippen LogP contribution >= 0.6 is 27.5 Å². The number of anilines is 2. The van der Waals surface area contributed by atoms with E-state index in [-0.39, 0.29) is 11.3 Å². The molecule has 3 aromatic rings. The highest BCUT2D eigenvalue weighted by atomic mass is 79.9. The van der Waals surface area contributed by atoms with Crippen molar-refractivity contribution in [1.82, 2.24) is 0 Å². The molecule has 0 unspecified atom stereocenters. The predicted octanol–water partition coefficient (Wildman–Crippen LogP) is 5.34. The standard InChI is InChI=1S/C18H11BrClFN2O3/c19-13-9-11(21)4-5-12(13)17(24)22-14-6-3-10(20)8-15(14)23-18(25)16-2-1-7-26-16/h1-9H,(H,22,24)(H,23,25). The van der Waals surface area contributed by atoms with Crippen LogP contribution in [0.3, 0.4) is 0 Å². The summed E-state index contributed by atoms with van der Waals surface area (Å²) >= 11 is 9.14. The zero-order valence-electron chi connectivity index (χ0n) is 13.1. The van der Waals surface area contributed by atoms with Gasteiger partial charge in [-0.2, -0.15) is 0 Å². The molecule has 0 spiro atoms. The van der Waals surface area contributed by atoms with Crippen LogP contribution < -0.4 is 10.6 Å². The number of nitrogens with one attached hydrogen (secondary N) is 2. The molecule has 2 N–H and O–H groups in total. The molecule has 3 rings (SSSR count). The summed E-state index contributed by atoms with van der Waals surface area (Å²) in [6.45, 7) is 0. The lowest BCUT2D eigenvalue weighted by molar-refractivity contribution is 0.0993. The van der Waals surface area contributed by atoms with Crippen molar-refractivity contribution in [2.75, 3.05) is 10.6 Å². The normalized spacial score (nSPS) is 10.4. The van der Waals surface area contributed by atoms with Crippen LogP contribution in [0.15, 0.2) is 63.7 Å². The smallest absolute Gasteiger partial charge is 0.291 e. The third-order valence-electron chi connectivity index (χ3n) is 3.40. The quantitative estimate of drug-likeness (QED) is 0.579. The minimum atomic E-state index is -0.490. The molecule has 0 bridgehead atoms. The van der Waals surface area contributed by atoms with E-state index in [2.05, 4.69) is 26.6 Å². The Morgan fingerprint density at radius 2 is 1.77 bits per heavy atom. The Labute approximate surface area is 161 Å². The van der Waals surface area contributed by atoms with Gasteiger partial charge in [0.15, 0.2) is 5.76 Å². The zero-order chi connectivity index (χ0) is 18.7. The van der Waals surface area contributed by atoms with Gasteiger partial charge in [-0.05, 0) is 64.5 Å². The van der Waals surface area contributed by atoms with Gasteiger partial charge in [0.2, 0.25) is 0 Å². The number of furan rings is 1. The second kappa shape index (κ2) is 7.72. The molecule has 132 valence electrons. The van der Waals surface area contributed by atoms with Crippen molar-refractivity contribution in [2.45, 2.75) is 0 Å². The van der Waals surface area contributed by atoms with E-state index in [1.165, 1.54) is 36.6 Å². The summed E-state index contributed by atoms with van der Waals surface area (Å²) < 4.78 is 18.5. The number of hydrogen-bond acceptors (Lipinski definition) is 3. The van der Waals surface area contributed by atoms with Crippen LogP contribution in [0.4, 0.5) is 15.8 Å². The van der Waals surface area contributed by atoms with Gasteiger partial charge in [0.05, 0.1) is 23.2 Å². The number of benzene rings is 2. The number of carbonyl (C=O) groups excluding carboxylic acids is 2. The Bertz CT molecular complexity index is 977. The number of amides is 2. The van der Waals surface area contributed by atoms with Crippen molar-refractivity contribution in [2.24, 2.45) is 0 Å². The molecule has 2 aromatic carbocycles. The van der Waals surface area contributed by atoms with Crippen LogP contribution in [0.5, 0.6) is 0 Å². The van der Waals surface area contributed by atoms with Gasteiger partial charge in [0.25, 0.3) is 11.8 Å². The van der Waals surface area contributed by atoms with Crippen LogP contribution in [0.25, 0.3) is 0 Å². The minimum absolute atomic E-state index is 0.114. The highest BCUT2D eigenvalue weighted by Crippen LogP contribution is 2.28. The van der Waals surface area contributed by atoms with Crippen LogP contribution in [0.1, 0.15) is 20.9 Å². The van der Waals surface area contributed by atoms with Crippen molar-refractivity contribution < 1.29 is 18.4 Å². The summed E-state index contributed by atoms with van der Waals surface area (Å²) in [6, 6.07) is 11.4. The first kappa shape index (κ1) is 18.2. The lowest BCUT2D eigenvalue weighted by atomic mass is 10.2. The fourth-order valence-electron chi connectivity index (χ4n) is 2.18. The lowest BCUT2D eigenvalue weighted by Crippen LogP contribution is -2.17. The monoisotopic (exact) mass is 436 g/mol. The second-order valence-electron chi connectivity index (χ2n) is 5.20. The molecule has 0 aliphatic heterocycles. The maximum absolute atomic E-state index is 13.2. The SMILES string of the molecule is O=C(Nc1cc(Cl)ccc1NC(=O)c1ccc(F)cc1Br)c1ccco1. The van der Waals surface area contributed by atoms with E-state index in [1.54, 1.807) is 18.2 Å². The first-order valence-corrected chi connectivity index (χ1v) is 8.52. The molecule has 26 heavy (non-hydrogen) atoms. The number of carbonyl (C=O) groups is 2. The zero-order valence-corrected chi connectivity index (χ0v) is 15.4. The van der Waals surface area contributed by atoms with Crippen molar-refractivity contribution >= 4 is 50.7 Å². The second-order valence-corrected chi connectivity index (χ2v) is 6.49. The number of halogens is 3. The largest absolute Gasteiger partial charge is 0.459 e. The van der Waals surface area contributed by atoms with Gasteiger partial charge in [-0.3, -0.25) is 9.59 Å². The van der Waals surface area contributed by atoms with Gasteiger partial charge in [-0.1, -0.05) is 11.6 Å². The average Bonchev–Trinajstić information content (AvgIpc) is 3.12. The summed E-state index contributed by atoms with van der Waals surface area (Å²) in [5.41, 5.74) is 0.866. The summed E-state index contributed by atoms with van der Waals surface area (Å²) in [4.78, 5) is 24.6.